The van der Waals surface area contributed by atoms with E-state index in [1.165, 1.54) is 88.2 Å². The summed E-state index contributed by atoms with van der Waals surface area (Å²) in [5.74, 6) is 1.70. The summed E-state index contributed by atoms with van der Waals surface area (Å²) < 4.78 is 0. The van der Waals surface area contributed by atoms with Crippen LogP contribution in [0.15, 0.2) is 36.7 Å². The Bertz CT molecular complexity index is 643. The van der Waals surface area contributed by atoms with Gasteiger partial charge in [0.25, 0.3) is 0 Å². The van der Waals surface area contributed by atoms with Gasteiger partial charge in [-0.1, -0.05) is 103 Å². The molecule has 29 heavy (non-hydrogen) atoms. The Balaban J connectivity index is 1.68. The molecule has 1 heterocycles. The van der Waals surface area contributed by atoms with Crippen LogP contribution in [0.1, 0.15) is 103 Å². The maximum absolute atomic E-state index is 4.60. The van der Waals surface area contributed by atoms with Crippen LogP contribution in [0.25, 0.3) is 11.4 Å². The Morgan fingerprint density at radius 3 is 1.83 bits per heavy atom. The standard InChI is InChI=1S/C27H42N2/c1-4-5-6-8-13-16-25-21-28-27(29-22-25)26-19-17-24(18-20-26)15-12-10-7-9-11-14-23(2)3/h17-23H,4-16H2,1-3H3. The molecule has 0 aliphatic rings. The summed E-state index contributed by atoms with van der Waals surface area (Å²) in [6.45, 7) is 6.90. The highest BCUT2D eigenvalue weighted by Crippen LogP contribution is 2.18. The number of aromatic nitrogens is 2. The molecule has 0 aliphatic heterocycles. The topological polar surface area (TPSA) is 25.8 Å². The fourth-order valence-corrected chi connectivity index (χ4v) is 3.80. The second kappa shape index (κ2) is 14.3. The molecule has 1 aromatic carbocycles. The van der Waals surface area contributed by atoms with Gasteiger partial charge in [-0.3, -0.25) is 0 Å². The summed E-state index contributed by atoms with van der Waals surface area (Å²) in [6, 6.07) is 8.85. The Hall–Kier alpha value is -1.70. The molecule has 0 radical (unpaired) electrons. The van der Waals surface area contributed by atoms with Crippen LogP contribution in [0.3, 0.4) is 0 Å². The minimum absolute atomic E-state index is 0.844. The zero-order chi connectivity index (χ0) is 20.7. The highest BCUT2D eigenvalue weighted by Gasteiger charge is 2.03. The number of unbranched alkanes of at least 4 members (excludes halogenated alkanes) is 8. The van der Waals surface area contributed by atoms with Gasteiger partial charge in [-0.05, 0) is 42.7 Å². The van der Waals surface area contributed by atoms with Crippen molar-refractivity contribution >= 4 is 0 Å². The van der Waals surface area contributed by atoms with Gasteiger partial charge in [0, 0.05) is 18.0 Å². The molecular weight excluding hydrogens is 352 g/mol. The molecule has 0 amide bonds. The predicted molar refractivity (Wildman–Crippen MR) is 126 cm³/mol. The summed E-state index contributed by atoms with van der Waals surface area (Å²) in [6.07, 6.45) is 21.0. The van der Waals surface area contributed by atoms with Gasteiger partial charge >= 0.3 is 0 Å². The predicted octanol–water partition coefficient (Wildman–Crippen LogP) is 8.20. The van der Waals surface area contributed by atoms with Gasteiger partial charge in [0.2, 0.25) is 0 Å². The van der Waals surface area contributed by atoms with Crippen molar-refractivity contribution in [2.45, 2.75) is 104 Å². The first-order valence-corrected chi connectivity index (χ1v) is 12.1. The molecule has 2 heteroatoms. The van der Waals surface area contributed by atoms with E-state index in [2.05, 4.69) is 55.0 Å². The third-order valence-electron chi connectivity index (χ3n) is 5.73. The van der Waals surface area contributed by atoms with Crippen LogP contribution in [0, 0.1) is 5.92 Å². The molecule has 2 rings (SSSR count). The summed E-state index contributed by atoms with van der Waals surface area (Å²) in [5, 5.41) is 0. The van der Waals surface area contributed by atoms with Crippen molar-refractivity contribution in [3.05, 3.63) is 47.8 Å². The van der Waals surface area contributed by atoms with E-state index in [4.69, 9.17) is 0 Å². The van der Waals surface area contributed by atoms with Crippen LogP contribution < -0.4 is 0 Å². The largest absolute Gasteiger partial charge is 0.236 e. The van der Waals surface area contributed by atoms with E-state index in [0.717, 1.165) is 23.7 Å². The van der Waals surface area contributed by atoms with E-state index in [0.29, 0.717) is 0 Å². The van der Waals surface area contributed by atoms with E-state index < -0.39 is 0 Å². The summed E-state index contributed by atoms with van der Waals surface area (Å²) in [7, 11) is 0. The lowest BCUT2D eigenvalue weighted by Gasteiger charge is -2.06. The van der Waals surface area contributed by atoms with Gasteiger partial charge in [0.1, 0.15) is 0 Å². The molecule has 0 aliphatic carbocycles. The lowest BCUT2D eigenvalue weighted by atomic mass is 10.0. The molecule has 0 bridgehead atoms. The lowest BCUT2D eigenvalue weighted by molar-refractivity contribution is 0.515. The number of benzene rings is 1. The molecular formula is C27H42N2. The number of hydrogen-bond donors (Lipinski definition) is 0. The van der Waals surface area contributed by atoms with Crippen molar-refractivity contribution < 1.29 is 0 Å². The van der Waals surface area contributed by atoms with Crippen LogP contribution in [-0.4, -0.2) is 9.97 Å². The van der Waals surface area contributed by atoms with Gasteiger partial charge in [-0.15, -0.1) is 0 Å². The quantitative estimate of drug-likeness (QED) is 0.284. The van der Waals surface area contributed by atoms with Crippen LogP contribution in [-0.2, 0) is 12.8 Å². The fourth-order valence-electron chi connectivity index (χ4n) is 3.80. The van der Waals surface area contributed by atoms with Gasteiger partial charge < -0.3 is 0 Å². The molecule has 160 valence electrons. The van der Waals surface area contributed by atoms with Gasteiger partial charge in [-0.25, -0.2) is 9.97 Å². The molecule has 2 aromatic rings. The first-order valence-electron chi connectivity index (χ1n) is 12.1. The Morgan fingerprint density at radius 2 is 1.21 bits per heavy atom. The second-order valence-corrected chi connectivity index (χ2v) is 8.98. The first-order chi connectivity index (χ1) is 14.2. The fraction of sp³-hybridized carbons (Fsp3) is 0.630. The van der Waals surface area contributed by atoms with E-state index in [9.17, 15) is 0 Å². The second-order valence-electron chi connectivity index (χ2n) is 8.98. The molecule has 0 atom stereocenters. The highest BCUT2D eigenvalue weighted by atomic mass is 14.9. The number of hydrogen-bond acceptors (Lipinski definition) is 2. The number of rotatable bonds is 15. The van der Waals surface area contributed by atoms with E-state index in [1.54, 1.807) is 0 Å². The van der Waals surface area contributed by atoms with E-state index in [-0.39, 0.29) is 0 Å². The van der Waals surface area contributed by atoms with Crippen molar-refractivity contribution in [1.82, 2.24) is 9.97 Å². The van der Waals surface area contributed by atoms with Crippen LogP contribution >= 0.6 is 0 Å². The molecule has 2 nitrogen and oxygen atoms in total. The number of nitrogens with zero attached hydrogens (tertiary/aromatic N) is 2. The zero-order valence-electron chi connectivity index (χ0n) is 19.1. The smallest absolute Gasteiger partial charge is 0.159 e. The van der Waals surface area contributed by atoms with Crippen molar-refractivity contribution in [2.24, 2.45) is 5.92 Å². The maximum Gasteiger partial charge on any atom is 0.159 e. The summed E-state index contributed by atoms with van der Waals surface area (Å²) in [5.41, 5.74) is 3.81. The van der Waals surface area contributed by atoms with Crippen LogP contribution in [0.4, 0.5) is 0 Å². The van der Waals surface area contributed by atoms with Gasteiger partial charge in [0.15, 0.2) is 5.82 Å². The van der Waals surface area contributed by atoms with E-state index in [1.807, 2.05) is 12.4 Å². The van der Waals surface area contributed by atoms with E-state index >= 15 is 0 Å². The normalized spacial score (nSPS) is 11.3. The van der Waals surface area contributed by atoms with Crippen molar-refractivity contribution in [3.63, 3.8) is 0 Å². The minimum Gasteiger partial charge on any atom is -0.236 e. The molecule has 0 saturated carbocycles. The monoisotopic (exact) mass is 394 g/mol. The Labute approximate surface area is 179 Å². The molecule has 0 N–H and O–H groups in total. The molecule has 1 aromatic heterocycles. The molecule has 0 unspecified atom stereocenters. The summed E-state index contributed by atoms with van der Waals surface area (Å²) >= 11 is 0. The minimum atomic E-state index is 0.844. The summed E-state index contributed by atoms with van der Waals surface area (Å²) in [4.78, 5) is 9.20. The van der Waals surface area contributed by atoms with Crippen molar-refractivity contribution in [1.29, 1.82) is 0 Å². The maximum atomic E-state index is 4.60. The van der Waals surface area contributed by atoms with Crippen molar-refractivity contribution in [2.75, 3.05) is 0 Å². The highest BCUT2D eigenvalue weighted by molar-refractivity contribution is 5.55. The average Bonchev–Trinajstić information content (AvgIpc) is 2.74. The van der Waals surface area contributed by atoms with Gasteiger partial charge in [-0.2, -0.15) is 0 Å². The third kappa shape index (κ3) is 10.1. The molecule has 0 spiro atoms. The molecule has 0 fully saturated rings. The van der Waals surface area contributed by atoms with Crippen LogP contribution in [0.5, 0.6) is 0 Å². The number of aryl methyl sites for hydroxylation is 2. The van der Waals surface area contributed by atoms with Crippen LogP contribution in [0.2, 0.25) is 0 Å². The average molecular weight is 395 g/mol. The van der Waals surface area contributed by atoms with Crippen molar-refractivity contribution in [3.8, 4) is 11.4 Å². The molecule has 0 saturated heterocycles. The lowest BCUT2D eigenvalue weighted by Crippen LogP contribution is -1.94. The van der Waals surface area contributed by atoms with Gasteiger partial charge in [0.05, 0.1) is 0 Å². The Kier molecular flexibility index (Phi) is 11.6. The SMILES string of the molecule is CCCCCCCc1cnc(-c2ccc(CCCCCCCC(C)C)cc2)nc1. The third-order valence-corrected chi connectivity index (χ3v) is 5.73. The first kappa shape index (κ1) is 23.6. The Morgan fingerprint density at radius 1 is 0.655 bits per heavy atom. The zero-order valence-corrected chi connectivity index (χ0v) is 19.1.